The number of guanidine groups is 1. The maximum absolute atomic E-state index is 12.6. The van der Waals surface area contributed by atoms with E-state index in [1.54, 1.807) is 0 Å². The lowest BCUT2D eigenvalue weighted by molar-refractivity contribution is 0.0671. The maximum Gasteiger partial charge on any atom is 0.319 e. The van der Waals surface area contributed by atoms with Crippen molar-refractivity contribution < 1.29 is 8.78 Å². The highest BCUT2D eigenvalue weighted by Gasteiger charge is 2.33. The SMILES string of the molecule is CCNC(=NCc1nccn1C(F)F)NC1CC1C. The topological polar surface area (TPSA) is 54.2 Å². The molecule has 2 unspecified atom stereocenters. The number of imidazole rings is 1. The second kappa shape index (κ2) is 5.99. The van der Waals surface area contributed by atoms with Gasteiger partial charge in [-0.2, -0.15) is 8.78 Å². The zero-order valence-electron chi connectivity index (χ0n) is 11.1. The Bertz CT molecular complexity index is 443. The number of hydrogen-bond donors (Lipinski definition) is 2. The number of rotatable bonds is 5. The van der Waals surface area contributed by atoms with Crippen LogP contribution >= 0.6 is 0 Å². The minimum absolute atomic E-state index is 0.133. The van der Waals surface area contributed by atoms with Gasteiger partial charge >= 0.3 is 6.55 Å². The molecule has 1 saturated carbocycles. The molecule has 1 aliphatic carbocycles. The Balaban J connectivity index is 1.98. The summed E-state index contributed by atoms with van der Waals surface area (Å²) in [5.41, 5.74) is 0. The Labute approximate surface area is 111 Å². The van der Waals surface area contributed by atoms with Gasteiger partial charge in [0.15, 0.2) is 5.96 Å². The molecule has 106 valence electrons. The summed E-state index contributed by atoms with van der Waals surface area (Å²) < 4.78 is 26.1. The van der Waals surface area contributed by atoms with Crippen molar-refractivity contribution >= 4 is 5.96 Å². The van der Waals surface area contributed by atoms with E-state index in [9.17, 15) is 8.78 Å². The van der Waals surface area contributed by atoms with Crippen LogP contribution in [0.5, 0.6) is 0 Å². The van der Waals surface area contributed by atoms with E-state index in [0.29, 0.717) is 17.9 Å². The van der Waals surface area contributed by atoms with E-state index in [2.05, 4.69) is 27.5 Å². The molecule has 1 aromatic heterocycles. The average Bonchev–Trinajstić information content (AvgIpc) is 2.89. The number of nitrogens with zero attached hydrogens (tertiary/aromatic N) is 3. The van der Waals surface area contributed by atoms with E-state index in [-0.39, 0.29) is 12.4 Å². The normalized spacial score (nSPS) is 22.7. The van der Waals surface area contributed by atoms with Gasteiger partial charge in [0.25, 0.3) is 0 Å². The first-order chi connectivity index (χ1) is 9.11. The van der Waals surface area contributed by atoms with Crippen molar-refractivity contribution in [2.45, 2.75) is 39.4 Å². The van der Waals surface area contributed by atoms with Gasteiger partial charge in [-0.15, -0.1) is 0 Å². The summed E-state index contributed by atoms with van der Waals surface area (Å²) in [5, 5.41) is 6.37. The van der Waals surface area contributed by atoms with Crippen LogP contribution in [-0.2, 0) is 6.54 Å². The zero-order chi connectivity index (χ0) is 13.8. The fourth-order valence-electron chi connectivity index (χ4n) is 1.81. The number of alkyl halides is 2. The quantitative estimate of drug-likeness (QED) is 0.633. The highest BCUT2D eigenvalue weighted by Crippen LogP contribution is 2.28. The third-order valence-electron chi connectivity index (χ3n) is 3.11. The Hall–Kier alpha value is -1.66. The smallest absolute Gasteiger partial charge is 0.319 e. The lowest BCUT2D eigenvalue weighted by Gasteiger charge is -2.11. The van der Waals surface area contributed by atoms with Crippen LogP contribution in [0.25, 0.3) is 0 Å². The first-order valence-electron chi connectivity index (χ1n) is 6.46. The summed E-state index contributed by atoms with van der Waals surface area (Å²) in [4.78, 5) is 8.19. The standard InChI is InChI=1S/C12H19F2N5/c1-3-15-12(18-9-6-8(9)2)17-7-10-16-4-5-19(10)11(13)14/h4-5,8-9,11H,3,6-7H2,1-2H3,(H2,15,17,18). The highest BCUT2D eigenvalue weighted by molar-refractivity contribution is 5.80. The summed E-state index contributed by atoms with van der Waals surface area (Å²) >= 11 is 0. The van der Waals surface area contributed by atoms with Crippen LogP contribution in [0.15, 0.2) is 17.4 Å². The molecule has 2 rings (SSSR count). The van der Waals surface area contributed by atoms with Gasteiger partial charge in [-0.05, 0) is 19.3 Å². The second-order valence-electron chi connectivity index (χ2n) is 4.69. The molecular formula is C12H19F2N5. The van der Waals surface area contributed by atoms with E-state index in [0.717, 1.165) is 17.5 Å². The van der Waals surface area contributed by atoms with Crippen LogP contribution in [0.3, 0.4) is 0 Å². The fourth-order valence-corrected chi connectivity index (χ4v) is 1.81. The van der Waals surface area contributed by atoms with Crippen LogP contribution in [0.1, 0.15) is 32.6 Å². The molecule has 0 bridgehead atoms. The highest BCUT2D eigenvalue weighted by atomic mass is 19.3. The lowest BCUT2D eigenvalue weighted by Crippen LogP contribution is -2.39. The van der Waals surface area contributed by atoms with Crippen LogP contribution in [-0.4, -0.2) is 28.1 Å². The minimum Gasteiger partial charge on any atom is -0.357 e. The number of aromatic nitrogens is 2. The molecule has 1 heterocycles. The van der Waals surface area contributed by atoms with E-state index >= 15 is 0 Å². The van der Waals surface area contributed by atoms with Gasteiger partial charge in [0.2, 0.25) is 0 Å². The summed E-state index contributed by atoms with van der Waals surface area (Å²) in [6.45, 7) is 2.41. The monoisotopic (exact) mass is 271 g/mol. The molecule has 1 aliphatic rings. The van der Waals surface area contributed by atoms with Gasteiger partial charge in [0.1, 0.15) is 12.4 Å². The lowest BCUT2D eigenvalue weighted by atomic mass is 10.5. The van der Waals surface area contributed by atoms with Crippen molar-refractivity contribution in [3.05, 3.63) is 18.2 Å². The molecule has 2 atom stereocenters. The van der Waals surface area contributed by atoms with Gasteiger partial charge in [0, 0.05) is 25.0 Å². The predicted molar refractivity (Wildman–Crippen MR) is 69.0 cm³/mol. The molecular weight excluding hydrogens is 252 g/mol. The maximum atomic E-state index is 12.6. The molecule has 19 heavy (non-hydrogen) atoms. The van der Waals surface area contributed by atoms with E-state index in [4.69, 9.17) is 0 Å². The van der Waals surface area contributed by atoms with Gasteiger partial charge in [-0.1, -0.05) is 6.92 Å². The van der Waals surface area contributed by atoms with E-state index in [1.807, 2.05) is 6.92 Å². The molecule has 0 aromatic carbocycles. The average molecular weight is 271 g/mol. The Morgan fingerprint density at radius 2 is 2.37 bits per heavy atom. The third-order valence-corrected chi connectivity index (χ3v) is 3.11. The van der Waals surface area contributed by atoms with Crippen LogP contribution in [0, 0.1) is 5.92 Å². The van der Waals surface area contributed by atoms with Crippen LogP contribution in [0.4, 0.5) is 8.78 Å². The van der Waals surface area contributed by atoms with Crippen molar-refractivity contribution in [3.8, 4) is 0 Å². The summed E-state index contributed by atoms with van der Waals surface area (Å²) in [6.07, 6.45) is 3.75. The van der Waals surface area contributed by atoms with Gasteiger partial charge in [-0.3, -0.25) is 4.57 Å². The first kappa shape index (κ1) is 13.8. The Morgan fingerprint density at radius 3 is 2.95 bits per heavy atom. The number of nitrogens with one attached hydrogen (secondary N) is 2. The van der Waals surface area contributed by atoms with E-state index in [1.165, 1.54) is 12.4 Å². The van der Waals surface area contributed by atoms with Crippen LogP contribution in [0.2, 0.25) is 0 Å². The molecule has 7 heteroatoms. The first-order valence-corrected chi connectivity index (χ1v) is 6.46. The minimum atomic E-state index is -2.58. The van der Waals surface area contributed by atoms with Crippen molar-refractivity contribution in [2.24, 2.45) is 10.9 Å². The van der Waals surface area contributed by atoms with Gasteiger partial charge in [0.05, 0.1) is 0 Å². The molecule has 0 spiro atoms. The number of aliphatic imine (C=N–C) groups is 1. The molecule has 2 N–H and O–H groups in total. The Kier molecular flexibility index (Phi) is 4.34. The predicted octanol–water partition coefficient (Wildman–Crippen LogP) is 1.74. The van der Waals surface area contributed by atoms with Crippen molar-refractivity contribution in [3.63, 3.8) is 0 Å². The fraction of sp³-hybridized carbons (Fsp3) is 0.667. The number of hydrogen-bond acceptors (Lipinski definition) is 2. The summed E-state index contributed by atoms with van der Waals surface area (Å²) in [5.74, 6) is 1.56. The van der Waals surface area contributed by atoms with Crippen LogP contribution < -0.4 is 10.6 Å². The molecule has 0 aliphatic heterocycles. The third kappa shape index (κ3) is 3.65. The van der Waals surface area contributed by atoms with Gasteiger partial charge in [-0.25, -0.2) is 9.98 Å². The largest absolute Gasteiger partial charge is 0.357 e. The summed E-state index contributed by atoms with van der Waals surface area (Å²) in [7, 11) is 0. The van der Waals surface area contributed by atoms with Crippen molar-refractivity contribution in [1.29, 1.82) is 0 Å². The molecule has 0 radical (unpaired) electrons. The molecule has 5 nitrogen and oxygen atoms in total. The summed E-state index contributed by atoms with van der Waals surface area (Å²) in [6, 6.07) is 0.438. The van der Waals surface area contributed by atoms with Crippen molar-refractivity contribution in [1.82, 2.24) is 20.2 Å². The van der Waals surface area contributed by atoms with E-state index < -0.39 is 6.55 Å². The van der Waals surface area contributed by atoms with Crippen molar-refractivity contribution in [2.75, 3.05) is 6.54 Å². The zero-order valence-corrected chi connectivity index (χ0v) is 11.1. The second-order valence-corrected chi connectivity index (χ2v) is 4.69. The van der Waals surface area contributed by atoms with Gasteiger partial charge < -0.3 is 10.6 Å². The molecule has 1 aromatic rings. The Morgan fingerprint density at radius 1 is 1.63 bits per heavy atom. The number of halogens is 2. The molecule has 0 amide bonds. The molecule has 1 fully saturated rings. The molecule has 0 saturated heterocycles.